The van der Waals surface area contributed by atoms with Gasteiger partial charge in [-0.15, -0.1) is 0 Å². The van der Waals surface area contributed by atoms with E-state index in [1.807, 2.05) is 6.07 Å². The number of hydrogen-bond acceptors (Lipinski definition) is 2. The van der Waals surface area contributed by atoms with E-state index in [9.17, 15) is 5.11 Å². The van der Waals surface area contributed by atoms with E-state index in [4.69, 9.17) is 0 Å². The first kappa shape index (κ1) is 20.2. The van der Waals surface area contributed by atoms with Gasteiger partial charge in [0.2, 0.25) is 0 Å². The van der Waals surface area contributed by atoms with Crippen LogP contribution in [0, 0.1) is 0 Å². The van der Waals surface area contributed by atoms with Gasteiger partial charge in [0, 0.05) is 0 Å². The molecule has 1 N–H and O–H groups in total. The van der Waals surface area contributed by atoms with Crippen LogP contribution in [-0.4, -0.2) is 5.11 Å². The Morgan fingerprint density at radius 3 is 2.10 bits per heavy atom. The minimum Gasteiger partial charge on any atom is -0.388 e. The summed E-state index contributed by atoms with van der Waals surface area (Å²) in [6, 6.07) is 28.3. The fourth-order valence-electron chi connectivity index (χ4n) is 4.31. The molecule has 0 aliphatic heterocycles. The van der Waals surface area contributed by atoms with Crippen molar-refractivity contribution in [1.82, 2.24) is 0 Å². The van der Waals surface area contributed by atoms with Gasteiger partial charge < -0.3 is 5.11 Å². The molecule has 0 radical (unpaired) electrons. The normalized spacial score (nSPS) is 14.5. The Balaban J connectivity index is 1.26. The summed E-state index contributed by atoms with van der Waals surface area (Å²) >= 11 is 1.67. The third-order valence-electron chi connectivity index (χ3n) is 6.33. The van der Waals surface area contributed by atoms with Gasteiger partial charge in [0.1, 0.15) is 0 Å². The van der Waals surface area contributed by atoms with Crippen LogP contribution in [0.15, 0.2) is 89.6 Å². The number of aryl methyl sites for hydroxylation is 1. The molecule has 3 aromatic carbocycles. The third kappa shape index (κ3) is 4.81. The molecule has 156 valence electrons. The van der Waals surface area contributed by atoms with Crippen LogP contribution < -0.4 is 0 Å². The smallest absolute Gasteiger partial charge is 0.0804 e. The van der Waals surface area contributed by atoms with Gasteiger partial charge in [-0.05, 0) is 87.7 Å². The Hall–Kier alpha value is -2.68. The van der Waals surface area contributed by atoms with Gasteiger partial charge >= 0.3 is 0 Å². The van der Waals surface area contributed by atoms with Crippen LogP contribution in [0.25, 0.3) is 22.3 Å². The molecule has 4 aromatic rings. The molecule has 1 aliphatic carbocycles. The van der Waals surface area contributed by atoms with E-state index in [1.54, 1.807) is 11.3 Å². The summed E-state index contributed by atoms with van der Waals surface area (Å²) in [5.41, 5.74) is 8.71. The zero-order chi connectivity index (χ0) is 21.0. The van der Waals surface area contributed by atoms with Crippen molar-refractivity contribution in [2.24, 2.45) is 0 Å². The molecular formula is C29H28OS. The van der Waals surface area contributed by atoms with Crippen molar-refractivity contribution in [3.63, 3.8) is 0 Å². The van der Waals surface area contributed by atoms with Crippen LogP contribution in [-0.2, 0) is 6.42 Å². The predicted octanol–water partition coefficient (Wildman–Crippen LogP) is 8.02. The molecule has 0 bridgehead atoms. The highest BCUT2D eigenvalue weighted by Crippen LogP contribution is 2.40. The maximum atomic E-state index is 10.8. The Kier molecular flexibility index (Phi) is 6.01. The highest BCUT2D eigenvalue weighted by molar-refractivity contribution is 7.08. The highest BCUT2D eigenvalue weighted by atomic mass is 32.1. The molecule has 1 fully saturated rings. The lowest BCUT2D eigenvalue weighted by molar-refractivity contribution is 0.165. The second-order valence-electron chi connectivity index (χ2n) is 8.61. The fourth-order valence-corrected chi connectivity index (χ4v) is 5.21. The maximum absolute atomic E-state index is 10.8. The van der Waals surface area contributed by atoms with Crippen molar-refractivity contribution in [2.45, 2.75) is 44.1 Å². The molecule has 1 heterocycles. The monoisotopic (exact) mass is 424 g/mol. The standard InChI is InChI=1S/C29H28OS/c30-29(8-4-7-21-5-2-1-3-6-21)28-20-31-19-27(28)26-17-15-25(16-18-26)24-13-11-23(12-14-24)22-9-10-22/h1-3,5-6,11-20,22,29-30H,4,7-10H2. The molecular weight excluding hydrogens is 396 g/mol. The number of aliphatic hydroxyl groups excluding tert-OH is 1. The van der Waals surface area contributed by atoms with Crippen LogP contribution in [0.1, 0.15) is 54.4 Å². The minimum atomic E-state index is -0.417. The Bertz CT molecular complexity index is 1110. The zero-order valence-corrected chi connectivity index (χ0v) is 18.5. The van der Waals surface area contributed by atoms with E-state index in [2.05, 4.69) is 83.6 Å². The highest BCUT2D eigenvalue weighted by Gasteiger charge is 2.23. The molecule has 1 unspecified atom stereocenters. The van der Waals surface area contributed by atoms with Gasteiger partial charge in [0.05, 0.1) is 6.10 Å². The summed E-state index contributed by atoms with van der Waals surface area (Å²) in [5.74, 6) is 0.799. The van der Waals surface area contributed by atoms with Gasteiger partial charge in [0.25, 0.3) is 0 Å². The first-order valence-electron chi connectivity index (χ1n) is 11.3. The van der Waals surface area contributed by atoms with Gasteiger partial charge in [-0.25, -0.2) is 0 Å². The third-order valence-corrected chi connectivity index (χ3v) is 7.09. The average molecular weight is 425 g/mol. The molecule has 1 saturated carbocycles. The predicted molar refractivity (Wildman–Crippen MR) is 132 cm³/mol. The minimum absolute atomic E-state index is 0.417. The van der Waals surface area contributed by atoms with Crippen LogP contribution in [0.2, 0.25) is 0 Å². The van der Waals surface area contributed by atoms with Crippen LogP contribution >= 0.6 is 11.3 Å². The van der Waals surface area contributed by atoms with Crippen molar-refractivity contribution in [1.29, 1.82) is 0 Å². The maximum Gasteiger partial charge on any atom is 0.0804 e. The van der Waals surface area contributed by atoms with Crippen molar-refractivity contribution in [3.05, 3.63) is 106 Å². The number of hydrogen-bond donors (Lipinski definition) is 1. The van der Waals surface area contributed by atoms with Gasteiger partial charge in [0.15, 0.2) is 0 Å². The van der Waals surface area contributed by atoms with E-state index in [1.165, 1.54) is 40.7 Å². The SMILES string of the molecule is OC(CCCc1ccccc1)c1cscc1-c1ccc(-c2ccc(C3CC3)cc2)cc1. The molecule has 1 aliphatic rings. The molecule has 2 heteroatoms. The van der Waals surface area contributed by atoms with Gasteiger partial charge in [-0.2, -0.15) is 11.3 Å². The Morgan fingerprint density at radius 2 is 1.42 bits per heavy atom. The van der Waals surface area contributed by atoms with Crippen LogP contribution in [0.5, 0.6) is 0 Å². The summed E-state index contributed by atoms with van der Waals surface area (Å²) in [6.45, 7) is 0. The first-order valence-corrected chi connectivity index (χ1v) is 12.2. The van der Waals surface area contributed by atoms with Gasteiger partial charge in [-0.1, -0.05) is 78.9 Å². The second kappa shape index (κ2) is 9.21. The lowest BCUT2D eigenvalue weighted by Gasteiger charge is -2.13. The molecule has 0 spiro atoms. The summed E-state index contributed by atoms with van der Waals surface area (Å²) in [7, 11) is 0. The zero-order valence-electron chi connectivity index (χ0n) is 17.7. The number of thiophene rings is 1. The molecule has 1 aromatic heterocycles. The van der Waals surface area contributed by atoms with E-state index in [-0.39, 0.29) is 0 Å². The summed E-state index contributed by atoms with van der Waals surface area (Å²) < 4.78 is 0. The quantitative estimate of drug-likeness (QED) is 0.304. The summed E-state index contributed by atoms with van der Waals surface area (Å²) in [5, 5.41) is 15.1. The number of rotatable bonds is 8. The number of aliphatic hydroxyl groups is 1. The topological polar surface area (TPSA) is 20.2 Å². The molecule has 1 atom stereocenters. The van der Waals surface area contributed by atoms with Crippen molar-refractivity contribution < 1.29 is 5.11 Å². The Labute approximate surface area is 189 Å². The summed E-state index contributed by atoms with van der Waals surface area (Å²) in [6.07, 6.45) is 5.04. The summed E-state index contributed by atoms with van der Waals surface area (Å²) in [4.78, 5) is 0. The van der Waals surface area contributed by atoms with Crippen molar-refractivity contribution in [2.75, 3.05) is 0 Å². The Morgan fingerprint density at radius 1 is 0.774 bits per heavy atom. The number of benzene rings is 3. The molecule has 1 nitrogen and oxygen atoms in total. The van der Waals surface area contributed by atoms with Crippen molar-refractivity contribution in [3.8, 4) is 22.3 Å². The van der Waals surface area contributed by atoms with E-state index >= 15 is 0 Å². The molecule has 0 amide bonds. The van der Waals surface area contributed by atoms with Crippen LogP contribution in [0.4, 0.5) is 0 Å². The second-order valence-corrected chi connectivity index (χ2v) is 9.35. The van der Waals surface area contributed by atoms with E-state index in [0.29, 0.717) is 0 Å². The van der Waals surface area contributed by atoms with Gasteiger partial charge in [-0.3, -0.25) is 0 Å². The fraction of sp³-hybridized carbons (Fsp3) is 0.241. The lowest BCUT2D eigenvalue weighted by atomic mass is 9.95. The van der Waals surface area contributed by atoms with Crippen LogP contribution in [0.3, 0.4) is 0 Å². The molecule has 31 heavy (non-hydrogen) atoms. The lowest BCUT2D eigenvalue weighted by Crippen LogP contribution is -1.99. The van der Waals surface area contributed by atoms with Crippen molar-refractivity contribution >= 4 is 11.3 Å². The molecule has 5 rings (SSSR count). The first-order chi connectivity index (χ1) is 15.3. The largest absolute Gasteiger partial charge is 0.388 e. The molecule has 0 saturated heterocycles. The van der Waals surface area contributed by atoms with E-state index < -0.39 is 6.10 Å². The average Bonchev–Trinajstić information content (AvgIpc) is 3.56. The van der Waals surface area contributed by atoms with E-state index in [0.717, 1.165) is 36.3 Å².